The number of rotatable bonds is 4. The quantitative estimate of drug-likeness (QED) is 0.657. The van der Waals surface area contributed by atoms with Gasteiger partial charge in [0.15, 0.2) is 11.5 Å². The zero-order valence-corrected chi connectivity index (χ0v) is 14.2. The Labute approximate surface area is 150 Å². The Bertz CT molecular complexity index is 921. The summed E-state index contributed by atoms with van der Waals surface area (Å²) in [7, 11) is 0. The van der Waals surface area contributed by atoms with Crippen molar-refractivity contribution in [3.63, 3.8) is 0 Å². The minimum atomic E-state index is -0.278. The van der Waals surface area contributed by atoms with Gasteiger partial charge >= 0.3 is 0 Å². The standard InChI is InChI=1S/C18H20N6O2/c25-13-6-4-12(5-7-13)11-17-22-21-16-9-8-15(23-24(16)17)20-14-3-1-2-10-19-18(14)26/h4-9,14,25H,1-3,10-11H2,(H,19,26)(H,20,23). The van der Waals surface area contributed by atoms with Crippen LogP contribution in [0, 0.1) is 0 Å². The summed E-state index contributed by atoms with van der Waals surface area (Å²) in [6.07, 6.45) is 3.33. The molecule has 0 radical (unpaired) electrons. The molecule has 1 aromatic carbocycles. The van der Waals surface area contributed by atoms with Crippen molar-refractivity contribution >= 4 is 17.4 Å². The van der Waals surface area contributed by atoms with Crippen LogP contribution in [0.5, 0.6) is 5.75 Å². The summed E-state index contributed by atoms with van der Waals surface area (Å²) in [6.45, 7) is 0.728. The molecule has 3 heterocycles. The van der Waals surface area contributed by atoms with Gasteiger partial charge in [0.05, 0.1) is 0 Å². The second kappa shape index (κ2) is 6.99. The topological polar surface area (TPSA) is 104 Å². The van der Waals surface area contributed by atoms with E-state index in [9.17, 15) is 9.90 Å². The molecule has 8 heteroatoms. The molecule has 1 saturated heterocycles. The first kappa shape index (κ1) is 16.3. The number of anilines is 1. The van der Waals surface area contributed by atoms with Crippen LogP contribution < -0.4 is 10.6 Å². The van der Waals surface area contributed by atoms with Crippen LogP contribution in [-0.4, -0.2) is 43.4 Å². The van der Waals surface area contributed by atoms with Gasteiger partial charge in [-0.25, -0.2) is 0 Å². The van der Waals surface area contributed by atoms with Crippen molar-refractivity contribution in [1.29, 1.82) is 0 Å². The Morgan fingerprint density at radius 2 is 2.00 bits per heavy atom. The molecule has 0 saturated carbocycles. The number of aromatic nitrogens is 4. The third-order valence-corrected chi connectivity index (χ3v) is 4.48. The van der Waals surface area contributed by atoms with Crippen molar-refractivity contribution in [3.05, 3.63) is 47.8 Å². The first-order valence-corrected chi connectivity index (χ1v) is 8.72. The molecule has 3 aromatic rings. The van der Waals surface area contributed by atoms with Crippen LogP contribution in [0.15, 0.2) is 36.4 Å². The van der Waals surface area contributed by atoms with Crippen molar-refractivity contribution in [2.24, 2.45) is 0 Å². The third-order valence-electron chi connectivity index (χ3n) is 4.48. The van der Waals surface area contributed by atoms with Gasteiger partial charge in [0.1, 0.15) is 17.6 Å². The highest BCUT2D eigenvalue weighted by Gasteiger charge is 2.21. The van der Waals surface area contributed by atoms with E-state index < -0.39 is 0 Å². The van der Waals surface area contributed by atoms with Gasteiger partial charge in [0, 0.05) is 13.0 Å². The van der Waals surface area contributed by atoms with E-state index in [2.05, 4.69) is 25.9 Å². The zero-order chi connectivity index (χ0) is 17.9. The summed E-state index contributed by atoms with van der Waals surface area (Å²) < 4.78 is 1.68. The van der Waals surface area contributed by atoms with Gasteiger partial charge in [-0.3, -0.25) is 4.79 Å². The lowest BCUT2D eigenvalue weighted by Gasteiger charge is -2.15. The van der Waals surface area contributed by atoms with Crippen LogP contribution in [0.2, 0.25) is 0 Å². The van der Waals surface area contributed by atoms with Crippen molar-refractivity contribution in [2.75, 3.05) is 11.9 Å². The smallest absolute Gasteiger partial charge is 0.242 e. The molecule has 1 atom stereocenters. The van der Waals surface area contributed by atoms with Crippen molar-refractivity contribution in [3.8, 4) is 5.75 Å². The fourth-order valence-corrected chi connectivity index (χ4v) is 3.07. The third kappa shape index (κ3) is 3.44. The maximum absolute atomic E-state index is 12.1. The molecule has 1 aliphatic heterocycles. The van der Waals surface area contributed by atoms with E-state index in [4.69, 9.17) is 0 Å². The van der Waals surface area contributed by atoms with Gasteiger partial charge in [-0.15, -0.1) is 15.3 Å². The fraction of sp³-hybridized carbons (Fsp3) is 0.333. The summed E-state index contributed by atoms with van der Waals surface area (Å²) in [5.41, 5.74) is 1.65. The van der Waals surface area contributed by atoms with Crippen LogP contribution in [0.3, 0.4) is 0 Å². The van der Waals surface area contributed by atoms with Gasteiger partial charge in [-0.2, -0.15) is 4.52 Å². The van der Waals surface area contributed by atoms with Gasteiger partial charge in [0.25, 0.3) is 0 Å². The summed E-state index contributed by atoms with van der Waals surface area (Å²) in [4.78, 5) is 12.1. The summed E-state index contributed by atoms with van der Waals surface area (Å²) in [5.74, 6) is 1.55. The highest BCUT2D eigenvalue weighted by Crippen LogP contribution is 2.16. The largest absolute Gasteiger partial charge is 0.508 e. The van der Waals surface area contributed by atoms with Crippen LogP contribution in [-0.2, 0) is 11.2 Å². The molecule has 1 fully saturated rings. The number of nitrogens with one attached hydrogen (secondary N) is 2. The number of fused-ring (bicyclic) bond motifs is 1. The molecule has 4 rings (SSSR count). The lowest BCUT2D eigenvalue weighted by atomic mass is 10.1. The minimum absolute atomic E-state index is 0.0115. The molecular formula is C18H20N6O2. The molecule has 134 valence electrons. The highest BCUT2D eigenvalue weighted by atomic mass is 16.3. The van der Waals surface area contributed by atoms with E-state index in [1.165, 1.54) is 0 Å². The fourth-order valence-electron chi connectivity index (χ4n) is 3.07. The van der Waals surface area contributed by atoms with E-state index >= 15 is 0 Å². The number of hydrogen-bond donors (Lipinski definition) is 3. The normalized spacial score (nSPS) is 17.7. The first-order valence-electron chi connectivity index (χ1n) is 8.72. The highest BCUT2D eigenvalue weighted by molar-refractivity contribution is 5.84. The number of phenolic OH excluding ortho intramolecular Hbond substituents is 1. The number of hydrogen-bond acceptors (Lipinski definition) is 6. The molecule has 8 nitrogen and oxygen atoms in total. The number of aromatic hydroxyl groups is 1. The molecule has 3 N–H and O–H groups in total. The van der Waals surface area contributed by atoms with Gasteiger partial charge in [-0.05, 0) is 49.1 Å². The number of carbonyl (C=O) groups is 1. The van der Waals surface area contributed by atoms with E-state index in [-0.39, 0.29) is 17.7 Å². The molecule has 1 unspecified atom stereocenters. The van der Waals surface area contributed by atoms with E-state index in [0.29, 0.717) is 23.7 Å². The molecule has 0 bridgehead atoms. The molecule has 0 aliphatic carbocycles. The summed E-state index contributed by atoms with van der Waals surface area (Å²) in [6, 6.07) is 10.3. The maximum Gasteiger partial charge on any atom is 0.242 e. The maximum atomic E-state index is 12.1. The molecule has 1 amide bonds. The predicted molar refractivity (Wildman–Crippen MR) is 96.0 cm³/mol. The first-order chi connectivity index (χ1) is 12.7. The molecule has 1 aliphatic rings. The second-order valence-electron chi connectivity index (χ2n) is 6.43. The van der Waals surface area contributed by atoms with E-state index in [1.54, 1.807) is 16.6 Å². The summed E-state index contributed by atoms with van der Waals surface area (Å²) >= 11 is 0. The number of nitrogens with zero attached hydrogens (tertiary/aromatic N) is 4. The van der Waals surface area contributed by atoms with Crippen LogP contribution in [0.4, 0.5) is 5.82 Å². The van der Waals surface area contributed by atoms with Crippen molar-refractivity contribution in [1.82, 2.24) is 25.1 Å². The zero-order valence-electron chi connectivity index (χ0n) is 14.2. The Morgan fingerprint density at radius 3 is 2.85 bits per heavy atom. The second-order valence-corrected chi connectivity index (χ2v) is 6.43. The Morgan fingerprint density at radius 1 is 1.15 bits per heavy atom. The van der Waals surface area contributed by atoms with Crippen LogP contribution in [0.25, 0.3) is 5.65 Å². The Hall–Kier alpha value is -3.16. The van der Waals surface area contributed by atoms with Gasteiger partial charge in [0.2, 0.25) is 5.91 Å². The number of phenols is 1. The van der Waals surface area contributed by atoms with E-state index in [1.807, 2.05) is 24.3 Å². The monoisotopic (exact) mass is 352 g/mol. The predicted octanol–water partition coefficient (Wildman–Crippen LogP) is 1.50. The average Bonchev–Trinajstić information content (AvgIpc) is 2.92. The lowest BCUT2D eigenvalue weighted by Crippen LogP contribution is -2.38. The van der Waals surface area contributed by atoms with Gasteiger partial charge in [-0.1, -0.05) is 12.1 Å². The lowest BCUT2D eigenvalue weighted by molar-refractivity contribution is -0.121. The average molecular weight is 352 g/mol. The van der Waals surface area contributed by atoms with Gasteiger partial charge < -0.3 is 15.7 Å². The minimum Gasteiger partial charge on any atom is -0.508 e. The van der Waals surface area contributed by atoms with E-state index in [0.717, 1.165) is 31.4 Å². The molecule has 2 aromatic heterocycles. The molecule has 0 spiro atoms. The molecular weight excluding hydrogens is 332 g/mol. The van der Waals surface area contributed by atoms with Crippen molar-refractivity contribution in [2.45, 2.75) is 31.7 Å². The van der Waals surface area contributed by atoms with Crippen LogP contribution >= 0.6 is 0 Å². The number of carbonyl (C=O) groups excluding carboxylic acids is 1. The van der Waals surface area contributed by atoms with Crippen molar-refractivity contribution < 1.29 is 9.90 Å². The number of benzene rings is 1. The Kier molecular flexibility index (Phi) is 4.39. The summed E-state index contributed by atoms with van der Waals surface area (Å²) in [5, 5.41) is 28.4. The number of amides is 1. The SMILES string of the molecule is O=C1NCCCCC1Nc1ccc2nnc(Cc3ccc(O)cc3)n2n1. The van der Waals surface area contributed by atoms with Crippen LogP contribution in [0.1, 0.15) is 30.7 Å². The molecule has 26 heavy (non-hydrogen) atoms. The Balaban J connectivity index is 1.57.